The molecule has 0 saturated carbocycles. The number of halogens is 1. The number of amides is 1. The highest BCUT2D eigenvalue weighted by Gasteiger charge is 2.16. The molecule has 5 nitrogen and oxygen atoms in total. The van der Waals surface area contributed by atoms with Crippen LogP contribution in [0.3, 0.4) is 0 Å². The highest BCUT2D eigenvalue weighted by atomic mass is 79.9. The van der Waals surface area contributed by atoms with Gasteiger partial charge >= 0.3 is 5.97 Å². The Kier molecular flexibility index (Phi) is 4.59. The van der Waals surface area contributed by atoms with Gasteiger partial charge in [-0.05, 0) is 46.3 Å². The fourth-order valence-electron chi connectivity index (χ4n) is 1.79. The molecule has 3 N–H and O–H groups in total. The lowest BCUT2D eigenvalue weighted by atomic mass is 10.1. The SMILES string of the molecule is COC(=O)c1ccccc1NC(=O)c1cc(N)ccc1Br. The average Bonchev–Trinajstić information content (AvgIpc) is 2.49. The van der Waals surface area contributed by atoms with Gasteiger partial charge in [-0.3, -0.25) is 4.79 Å². The zero-order valence-electron chi connectivity index (χ0n) is 11.2. The molecule has 0 radical (unpaired) electrons. The molecular formula is C15H13BrN2O3. The molecule has 0 fully saturated rings. The van der Waals surface area contributed by atoms with Crippen LogP contribution in [0.5, 0.6) is 0 Å². The third-order valence-electron chi connectivity index (χ3n) is 2.82. The highest BCUT2D eigenvalue weighted by Crippen LogP contribution is 2.22. The van der Waals surface area contributed by atoms with Crippen molar-refractivity contribution in [2.24, 2.45) is 0 Å². The van der Waals surface area contributed by atoms with Gasteiger partial charge in [0.05, 0.1) is 23.9 Å². The van der Waals surface area contributed by atoms with E-state index in [0.717, 1.165) is 0 Å². The second kappa shape index (κ2) is 6.41. The van der Waals surface area contributed by atoms with Crippen molar-refractivity contribution in [3.63, 3.8) is 0 Å². The van der Waals surface area contributed by atoms with E-state index in [9.17, 15) is 9.59 Å². The first-order valence-corrected chi connectivity index (χ1v) is 6.86. The Morgan fingerprint density at radius 1 is 1.14 bits per heavy atom. The summed E-state index contributed by atoms with van der Waals surface area (Å²) in [6, 6.07) is 11.6. The van der Waals surface area contributed by atoms with Crippen LogP contribution in [-0.4, -0.2) is 19.0 Å². The molecule has 0 spiro atoms. The van der Waals surface area contributed by atoms with Crippen molar-refractivity contribution in [1.29, 1.82) is 0 Å². The van der Waals surface area contributed by atoms with Crippen molar-refractivity contribution < 1.29 is 14.3 Å². The first-order valence-electron chi connectivity index (χ1n) is 6.06. The molecule has 2 aromatic carbocycles. The summed E-state index contributed by atoms with van der Waals surface area (Å²) < 4.78 is 5.30. The molecular weight excluding hydrogens is 336 g/mol. The number of methoxy groups -OCH3 is 1. The average molecular weight is 349 g/mol. The third kappa shape index (κ3) is 3.41. The maximum Gasteiger partial charge on any atom is 0.339 e. The second-order valence-corrected chi connectivity index (χ2v) is 5.08. The predicted octanol–water partition coefficient (Wildman–Crippen LogP) is 3.07. The zero-order chi connectivity index (χ0) is 15.4. The van der Waals surface area contributed by atoms with Crippen molar-refractivity contribution in [2.75, 3.05) is 18.2 Å². The molecule has 108 valence electrons. The molecule has 0 heterocycles. The summed E-state index contributed by atoms with van der Waals surface area (Å²) in [5, 5.41) is 2.68. The summed E-state index contributed by atoms with van der Waals surface area (Å²) >= 11 is 3.30. The van der Waals surface area contributed by atoms with Crippen molar-refractivity contribution >= 4 is 39.2 Å². The first-order chi connectivity index (χ1) is 10.0. The smallest absolute Gasteiger partial charge is 0.339 e. The standard InChI is InChI=1S/C15H13BrN2O3/c1-21-15(20)10-4-2-3-5-13(10)18-14(19)11-8-9(17)6-7-12(11)16/h2-8H,17H2,1H3,(H,18,19). The number of esters is 1. The van der Waals surface area contributed by atoms with E-state index in [1.807, 2.05) is 0 Å². The lowest BCUT2D eigenvalue weighted by molar-refractivity contribution is 0.0602. The minimum atomic E-state index is -0.516. The van der Waals surface area contributed by atoms with Gasteiger partial charge in [-0.1, -0.05) is 12.1 Å². The van der Waals surface area contributed by atoms with Gasteiger partial charge in [0, 0.05) is 10.2 Å². The molecule has 2 aromatic rings. The Hall–Kier alpha value is -2.34. The third-order valence-corrected chi connectivity index (χ3v) is 3.51. The van der Waals surface area contributed by atoms with E-state index in [2.05, 4.69) is 26.0 Å². The lowest BCUT2D eigenvalue weighted by Gasteiger charge is -2.11. The van der Waals surface area contributed by atoms with Crippen LogP contribution in [0.1, 0.15) is 20.7 Å². The van der Waals surface area contributed by atoms with Crippen molar-refractivity contribution in [2.45, 2.75) is 0 Å². The fraction of sp³-hybridized carbons (Fsp3) is 0.0667. The van der Waals surface area contributed by atoms with Gasteiger partial charge in [-0.25, -0.2) is 4.79 Å². The summed E-state index contributed by atoms with van der Waals surface area (Å²) in [6.07, 6.45) is 0. The van der Waals surface area contributed by atoms with Crippen molar-refractivity contribution in [1.82, 2.24) is 0 Å². The second-order valence-electron chi connectivity index (χ2n) is 4.23. The van der Waals surface area contributed by atoms with Gasteiger partial charge in [0.25, 0.3) is 5.91 Å². The van der Waals surface area contributed by atoms with E-state index in [-0.39, 0.29) is 11.5 Å². The topological polar surface area (TPSA) is 81.4 Å². The number of hydrogen-bond donors (Lipinski definition) is 2. The molecule has 2 rings (SSSR count). The number of anilines is 2. The molecule has 21 heavy (non-hydrogen) atoms. The summed E-state index contributed by atoms with van der Waals surface area (Å²) in [7, 11) is 1.29. The van der Waals surface area contributed by atoms with Gasteiger partial charge in [0.15, 0.2) is 0 Å². The van der Waals surface area contributed by atoms with E-state index in [4.69, 9.17) is 5.73 Å². The quantitative estimate of drug-likeness (QED) is 0.659. The number of para-hydroxylation sites is 1. The van der Waals surface area contributed by atoms with Gasteiger partial charge in [0.2, 0.25) is 0 Å². The molecule has 0 atom stereocenters. The van der Waals surface area contributed by atoms with Crippen LogP contribution in [0.2, 0.25) is 0 Å². The Morgan fingerprint density at radius 3 is 2.57 bits per heavy atom. The van der Waals surface area contributed by atoms with E-state index in [1.54, 1.807) is 42.5 Å². The number of rotatable bonds is 3. The molecule has 0 unspecified atom stereocenters. The van der Waals surface area contributed by atoms with Crippen LogP contribution in [0.4, 0.5) is 11.4 Å². The summed E-state index contributed by atoms with van der Waals surface area (Å²) in [6.45, 7) is 0. The van der Waals surface area contributed by atoms with E-state index < -0.39 is 5.97 Å². The van der Waals surface area contributed by atoms with Crippen molar-refractivity contribution in [3.8, 4) is 0 Å². The van der Waals surface area contributed by atoms with E-state index >= 15 is 0 Å². The maximum absolute atomic E-state index is 12.3. The Balaban J connectivity index is 2.32. The van der Waals surface area contributed by atoms with Gasteiger partial charge in [-0.15, -0.1) is 0 Å². The lowest BCUT2D eigenvalue weighted by Crippen LogP contribution is -2.16. The monoisotopic (exact) mass is 348 g/mol. The number of carbonyl (C=O) groups is 2. The zero-order valence-corrected chi connectivity index (χ0v) is 12.8. The molecule has 0 aliphatic rings. The minimum Gasteiger partial charge on any atom is -0.465 e. The number of ether oxygens (including phenoxy) is 1. The summed E-state index contributed by atoms with van der Waals surface area (Å²) in [5.74, 6) is -0.886. The van der Waals surface area contributed by atoms with Gasteiger partial charge in [0.1, 0.15) is 0 Å². The normalized spacial score (nSPS) is 10.0. The number of nitrogen functional groups attached to an aromatic ring is 1. The van der Waals surface area contributed by atoms with Crippen LogP contribution in [0.25, 0.3) is 0 Å². The largest absolute Gasteiger partial charge is 0.465 e. The molecule has 0 aliphatic heterocycles. The van der Waals surface area contributed by atoms with Gasteiger partial charge < -0.3 is 15.8 Å². The number of nitrogens with two attached hydrogens (primary N) is 1. The maximum atomic E-state index is 12.3. The Labute approximate surface area is 130 Å². The Morgan fingerprint density at radius 2 is 1.86 bits per heavy atom. The van der Waals surface area contributed by atoms with Crippen LogP contribution in [0, 0.1) is 0 Å². The Bertz CT molecular complexity index is 701. The number of hydrogen-bond acceptors (Lipinski definition) is 4. The van der Waals surface area contributed by atoms with E-state index in [1.165, 1.54) is 7.11 Å². The predicted molar refractivity (Wildman–Crippen MR) is 84.3 cm³/mol. The van der Waals surface area contributed by atoms with Crippen LogP contribution >= 0.6 is 15.9 Å². The van der Waals surface area contributed by atoms with Gasteiger partial charge in [-0.2, -0.15) is 0 Å². The summed E-state index contributed by atoms with van der Waals surface area (Å²) in [5.41, 5.74) is 7.21. The molecule has 0 bridgehead atoms. The number of nitrogens with one attached hydrogen (secondary N) is 1. The summed E-state index contributed by atoms with van der Waals surface area (Å²) in [4.78, 5) is 24.0. The number of carbonyl (C=O) groups excluding carboxylic acids is 2. The van der Waals surface area contributed by atoms with Crippen LogP contribution < -0.4 is 11.1 Å². The molecule has 0 saturated heterocycles. The number of benzene rings is 2. The van der Waals surface area contributed by atoms with Crippen LogP contribution in [0.15, 0.2) is 46.9 Å². The van der Waals surface area contributed by atoms with Crippen LogP contribution in [-0.2, 0) is 4.74 Å². The molecule has 1 amide bonds. The molecule has 0 aromatic heterocycles. The van der Waals surface area contributed by atoms with Crippen molar-refractivity contribution in [3.05, 3.63) is 58.1 Å². The molecule has 0 aliphatic carbocycles. The first kappa shape index (κ1) is 15.1. The fourth-order valence-corrected chi connectivity index (χ4v) is 2.21. The minimum absolute atomic E-state index is 0.286. The molecule has 6 heteroatoms. The highest BCUT2D eigenvalue weighted by molar-refractivity contribution is 9.10. The van der Waals surface area contributed by atoms with E-state index in [0.29, 0.717) is 21.4 Å².